The first kappa shape index (κ1) is 24.1. The van der Waals surface area contributed by atoms with E-state index in [1.165, 1.54) is 28.6 Å². The quantitative estimate of drug-likeness (QED) is 0.639. The van der Waals surface area contributed by atoms with Crippen LogP contribution in [0.4, 0.5) is 17.6 Å². The summed E-state index contributed by atoms with van der Waals surface area (Å²) >= 11 is 0. The lowest BCUT2D eigenvalue weighted by atomic mass is 10.1. The number of halogens is 5. The molecule has 27 heavy (non-hydrogen) atoms. The highest BCUT2D eigenvalue weighted by atomic mass is 35.5. The lowest BCUT2D eigenvalue weighted by Crippen LogP contribution is -2.43. The average molecular weight is 435 g/mol. The van der Waals surface area contributed by atoms with Gasteiger partial charge in [-0.25, -0.2) is 17.2 Å². The highest BCUT2D eigenvalue weighted by molar-refractivity contribution is 7.89. The van der Waals surface area contributed by atoms with Gasteiger partial charge in [-0.05, 0) is 37.6 Å². The number of benzene rings is 1. The molecule has 1 heterocycles. The fraction of sp³-hybridized carbons (Fsp3) is 0.625. The van der Waals surface area contributed by atoms with Crippen molar-refractivity contribution in [2.75, 3.05) is 26.7 Å². The molecular weight excluding hydrogens is 412 g/mol. The van der Waals surface area contributed by atoms with Gasteiger partial charge in [0.05, 0.1) is 11.5 Å². The molecule has 1 aromatic carbocycles. The van der Waals surface area contributed by atoms with Gasteiger partial charge in [-0.1, -0.05) is 12.1 Å². The molecule has 1 aliphatic rings. The molecular formula is C16H23ClF4N2O3S. The summed E-state index contributed by atoms with van der Waals surface area (Å²) in [4.78, 5) is 0.0297. The maximum Gasteiger partial charge on any atom is 0.330 e. The Morgan fingerprint density at radius 1 is 1.30 bits per heavy atom. The summed E-state index contributed by atoms with van der Waals surface area (Å²) in [6, 6.07) is 5.97. The molecule has 0 bridgehead atoms. The van der Waals surface area contributed by atoms with Crippen molar-refractivity contribution in [3.63, 3.8) is 0 Å². The topological polar surface area (TPSA) is 58.6 Å². The third kappa shape index (κ3) is 6.28. The normalized spacial score (nSPS) is 17.1. The predicted octanol–water partition coefficient (Wildman–Crippen LogP) is 2.90. The van der Waals surface area contributed by atoms with Gasteiger partial charge in [0.25, 0.3) is 0 Å². The van der Waals surface area contributed by atoms with Crippen LogP contribution in [-0.2, 0) is 21.4 Å². The molecule has 0 aliphatic carbocycles. The predicted molar refractivity (Wildman–Crippen MR) is 95.1 cm³/mol. The highest BCUT2D eigenvalue weighted by Gasteiger charge is 2.41. The van der Waals surface area contributed by atoms with E-state index in [2.05, 4.69) is 10.1 Å². The minimum Gasteiger partial charge on any atom is -0.370 e. The molecule has 0 spiro atoms. The van der Waals surface area contributed by atoms with Crippen LogP contribution in [-0.4, -0.2) is 57.9 Å². The number of hydrogen-bond donors (Lipinski definition) is 1. The molecule has 1 aliphatic heterocycles. The summed E-state index contributed by atoms with van der Waals surface area (Å²) in [5.74, 6) is -4.23. The third-order valence-corrected chi connectivity index (χ3v) is 6.18. The summed E-state index contributed by atoms with van der Waals surface area (Å²) in [6.07, 6.45) is -2.42. The highest BCUT2D eigenvalue weighted by Crippen LogP contribution is 2.24. The minimum absolute atomic E-state index is 0. The zero-order valence-electron chi connectivity index (χ0n) is 14.7. The summed E-state index contributed by atoms with van der Waals surface area (Å²) in [5, 5.41) is 3.12. The Balaban J connectivity index is 0.00000364. The van der Waals surface area contributed by atoms with E-state index in [0.717, 1.165) is 0 Å². The SMILES string of the molecule is CNC1CCN(S(=O)(=O)c2cccc(COCC(F)(F)C(F)F)c2)CC1.Cl. The number of nitrogens with one attached hydrogen (secondary N) is 1. The maximum absolute atomic E-state index is 12.8. The van der Waals surface area contributed by atoms with Crippen LogP contribution in [0.2, 0.25) is 0 Å². The van der Waals surface area contributed by atoms with Gasteiger partial charge in [-0.15, -0.1) is 12.4 Å². The van der Waals surface area contributed by atoms with Gasteiger partial charge in [0.1, 0.15) is 6.61 Å². The van der Waals surface area contributed by atoms with E-state index >= 15 is 0 Å². The van der Waals surface area contributed by atoms with Crippen molar-refractivity contribution in [1.29, 1.82) is 0 Å². The average Bonchev–Trinajstić information content (AvgIpc) is 2.61. The summed E-state index contributed by atoms with van der Waals surface area (Å²) in [5.41, 5.74) is 0.321. The van der Waals surface area contributed by atoms with Crippen molar-refractivity contribution >= 4 is 22.4 Å². The summed E-state index contributed by atoms with van der Waals surface area (Å²) in [7, 11) is -1.87. The smallest absolute Gasteiger partial charge is 0.330 e. The van der Waals surface area contributed by atoms with Gasteiger partial charge in [-0.3, -0.25) is 0 Å². The van der Waals surface area contributed by atoms with Crippen molar-refractivity contribution < 1.29 is 30.7 Å². The van der Waals surface area contributed by atoms with E-state index in [-0.39, 0.29) is 30.0 Å². The molecule has 0 unspecified atom stereocenters. The van der Waals surface area contributed by atoms with Crippen LogP contribution in [0.15, 0.2) is 29.2 Å². The first-order valence-corrected chi connectivity index (χ1v) is 9.61. The van der Waals surface area contributed by atoms with Gasteiger partial charge in [0, 0.05) is 19.1 Å². The molecule has 0 atom stereocenters. The number of hydrogen-bond acceptors (Lipinski definition) is 4. The van der Waals surface area contributed by atoms with Crippen LogP contribution >= 0.6 is 12.4 Å². The van der Waals surface area contributed by atoms with Crippen molar-refractivity contribution in [3.05, 3.63) is 29.8 Å². The van der Waals surface area contributed by atoms with Crippen LogP contribution in [0.3, 0.4) is 0 Å². The molecule has 0 aromatic heterocycles. The standard InChI is InChI=1S/C16H22F4N2O3S.ClH/c1-21-13-5-7-22(8-6-13)26(23,24)14-4-2-3-12(9-14)10-25-11-16(19,20)15(17)18;/h2-4,9,13,15,21H,5-8,10-11H2,1H3;1H. The fourth-order valence-electron chi connectivity index (χ4n) is 2.70. The summed E-state index contributed by atoms with van der Waals surface area (Å²) in [6.45, 7) is -1.04. The van der Waals surface area contributed by atoms with Crippen molar-refractivity contribution in [2.24, 2.45) is 0 Å². The minimum atomic E-state index is -4.23. The van der Waals surface area contributed by atoms with Crippen molar-refractivity contribution in [2.45, 2.75) is 42.7 Å². The Hall–Kier alpha value is -0.940. The number of piperidine rings is 1. The molecule has 1 saturated heterocycles. The van der Waals surface area contributed by atoms with E-state index in [9.17, 15) is 26.0 Å². The number of nitrogens with zero attached hydrogens (tertiary/aromatic N) is 1. The molecule has 0 amide bonds. The van der Waals surface area contributed by atoms with E-state index < -0.39 is 29.0 Å². The Morgan fingerprint density at radius 2 is 1.93 bits per heavy atom. The Morgan fingerprint density at radius 3 is 2.48 bits per heavy atom. The van der Waals surface area contributed by atoms with Crippen molar-refractivity contribution in [3.8, 4) is 0 Å². The molecule has 156 valence electrons. The van der Waals surface area contributed by atoms with Gasteiger partial charge in [0.2, 0.25) is 10.0 Å². The Labute approximate surface area is 162 Å². The first-order valence-electron chi connectivity index (χ1n) is 8.17. The van der Waals surface area contributed by atoms with Gasteiger partial charge in [0.15, 0.2) is 0 Å². The number of alkyl halides is 4. The van der Waals surface area contributed by atoms with E-state index in [4.69, 9.17) is 0 Å². The Kier molecular flexibility index (Phi) is 8.94. The first-order chi connectivity index (χ1) is 12.2. The lowest BCUT2D eigenvalue weighted by molar-refractivity contribution is -0.168. The maximum atomic E-state index is 12.8. The monoisotopic (exact) mass is 434 g/mol. The van der Waals surface area contributed by atoms with Crippen molar-refractivity contribution in [1.82, 2.24) is 9.62 Å². The van der Waals surface area contributed by atoms with E-state index in [1.54, 1.807) is 0 Å². The van der Waals surface area contributed by atoms with Gasteiger partial charge < -0.3 is 10.1 Å². The lowest BCUT2D eigenvalue weighted by Gasteiger charge is -2.31. The largest absolute Gasteiger partial charge is 0.370 e. The van der Waals surface area contributed by atoms with Gasteiger partial charge >= 0.3 is 12.3 Å². The fourth-order valence-corrected chi connectivity index (χ4v) is 4.24. The zero-order chi connectivity index (χ0) is 19.4. The second kappa shape index (κ2) is 10.0. The number of ether oxygens (including phenoxy) is 1. The molecule has 5 nitrogen and oxygen atoms in total. The molecule has 11 heteroatoms. The van der Waals surface area contributed by atoms with Crippen LogP contribution in [0, 0.1) is 0 Å². The number of sulfonamides is 1. The zero-order valence-corrected chi connectivity index (χ0v) is 16.3. The molecule has 1 N–H and O–H groups in total. The van der Waals surface area contributed by atoms with E-state index in [1.807, 2.05) is 7.05 Å². The second-order valence-corrected chi connectivity index (χ2v) is 8.11. The van der Waals surface area contributed by atoms with Crippen LogP contribution in [0.5, 0.6) is 0 Å². The molecule has 1 aromatic rings. The van der Waals surface area contributed by atoms with Gasteiger partial charge in [-0.2, -0.15) is 13.1 Å². The molecule has 0 radical (unpaired) electrons. The number of rotatable bonds is 8. The van der Waals surface area contributed by atoms with Crippen LogP contribution < -0.4 is 5.32 Å². The Bertz CT molecular complexity index is 699. The molecule has 0 saturated carbocycles. The third-order valence-electron chi connectivity index (χ3n) is 4.28. The molecule has 1 fully saturated rings. The van der Waals surface area contributed by atoms with Crippen LogP contribution in [0.1, 0.15) is 18.4 Å². The van der Waals surface area contributed by atoms with Crippen LogP contribution in [0.25, 0.3) is 0 Å². The molecule has 2 rings (SSSR count). The second-order valence-electron chi connectivity index (χ2n) is 6.17. The van der Waals surface area contributed by atoms with E-state index in [0.29, 0.717) is 31.5 Å². The summed E-state index contributed by atoms with van der Waals surface area (Å²) < 4.78 is 81.3.